The standard InChI is InChI=1S/C13H20N2O2/c1-10(2)14-5-7-15(8-6-14)13(16)12-4-9-17-11(12)3/h4,9-10H,5-8H2,1-3H3. The lowest BCUT2D eigenvalue weighted by atomic mass is 10.2. The molecule has 1 aromatic heterocycles. The van der Waals surface area contributed by atoms with Crippen LogP contribution in [0, 0.1) is 6.92 Å². The maximum Gasteiger partial charge on any atom is 0.257 e. The van der Waals surface area contributed by atoms with Gasteiger partial charge in [-0.15, -0.1) is 0 Å². The van der Waals surface area contributed by atoms with Gasteiger partial charge in [-0.25, -0.2) is 0 Å². The number of amides is 1. The van der Waals surface area contributed by atoms with Crippen molar-refractivity contribution >= 4 is 5.91 Å². The molecule has 2 heterocycles. The molecule has 0 aliphatic carbocycles. The van der Waals surface area contributed by atoms with E-state index < -0.39 is 0 Å². The summed E-state index contributed by atoms with van der Waals surface area (Å²) in [5, 5.41) is 0. The van der Waals surface area contributed by atoms with Crippen molar-refractivity contribution in [1.29, 1.82) is 0 Å². The molecule has 94 valence electrons. The summed E-state index contributed by atoms with van der Waals surface area (Å²) in [6, 6.07) is 2.31. The number of carbonyl (C=O) groups is 1. The molecule has 0 radical (unpaired) electrons. The zero-order chi connectivity index (χ0) is 12.4. The van der Waals surface area contributed by atoms with E-state index in [1.54, 1.807) is 12.3 Å². The van der Waals surface area contributed by atoms with Gasteiger partial charge in [0.25, 0.3) is 5.91 Å². The average Bonchev–Trinajstić information content (AvgIpc) is 2.74. The molecule has 1 aliphatic heterocycles. The molecule has 0 bridgehead atoms. The second-order valence-electron chi connectivity index (χ2n) is 4.81. The smallest absolute Gasteiger partial charge is 0.257 e. The van der Waals surface area contributed by atoms with Crippen molar-refractivity contribution in [2.45, 2.75) is 26.8 Å². The monoisotopic (exact) mass is 236 g/mol. The normalized spacial score (nSPS) is 17.8. The van der Waals surface area contributed by atoms with Gasteiger partial charge in [-0.05, 0) is 26.8 Å². The highest BCUT2D eigenvalue weighted by atomic mass is 16.3. The van der Waals surface area contributed by atoms with E-state index in [1.807, 2.05) is 11.8 Å². The SMILES string of the molecule is Cc1occc1C(=O)N1CCN(C(C)C)CC1. The van der Waals surface area contributed by atoms with Crippen LogP contribution in [0.5, 0.6) is 0 Å². The van der Waals surface area contributed by atoms with Gasteiger partial charge in [0.2, 0.25) is 0 Å². The van der Waals surface area contributed by atoms with E-state index in [2.05, 4.69) is 18.7 Å². The Bertz CT molecular complexity index is 390. The third-order valence-electron chi connectivity index (χ3n) is 3.42. The second kappa shape index (κ2) is 4.92. The number of nitrogens with zero attached hydrogens (tertiary/aromatic N) is 2. The summed E-state index contributed by atoms with van der Waals surface area (Å²) in [5.74, 6) is 0.806. The van der Waals surface area contributed by atoms with Crippen molar-refractivity contribution in [3.05, 3.63) is 23.7 Å². The summed E-state index contributed by atoms with van der Waals surface area (Å²) >= 11 is 0. The Hall–Kier alpha value is -1.29. The Morgan fingerprint density at radius 2 is 1.94 bits per heavy atom. The number of rotatable bonds is 2. The lowest BCUT2D eigenvalue weighted by Crippen LogP contribution is -2.50. The van der Waals surface area contributed by atoms with Crippen LogP contribution < -0.4 is 0 Å². The molecule has 0 aromatic carbocycles. The van der Waals surface area contributed by atoms with Gasteiger partial charge in [-0.1, -0.05) is 0 Å². The van der Waals surface area contributed by atoms with Crippen LogP contribution in [0.2, 0.25) is 0 Å². The van der Waals surface area contributed by atoms with Crippen LogP contribution in [0.25, 0.3) is 0 Å². The minimum absolute atomic E-state index is 0.0969. The van der Waals surface area contributed by atoms with E-state index >= 15 is 0 Å². The highest BCUT2D eigenvalue weighted by molar-refractivity contribution is 5.95. The number of furan rings is 1. The molecule has 0 spiro atoms. The third-order valence-corrected chi connectivity index (χ3v) is 3.42. The molecule has 17 heavy (non-hydrogen) atoms. The molecule has 1 amide bonds. The molecule has 1 aromatic rings. The Labute approximate surface area is 102 Å². The zero-order valence-electron chi connectivity index (χ0n) is 10.8. The van der Waals surface area contributed by atoms with Gasteiger partial charge in [0.15, 0.2) is 0 Å². The molecular formula is C13H20N2O2. The minimum atomic E-state index is 0.0969. The topological polar surface area (TPSA) is 36.7 Å². The van der Waals surface area contributed by atoms with E-state index in [1.165, 1.54) is 0 Å². The van der Waals surface area contributed by atoms with Crippen molar-refractivity contribution in [3.63, 3.8) is 0 Å². The lowest BCUT2D eigenvalue weighted by molar-refractivity contribution is 0.0594. The number of piperazine rings is 1. The van der Waals surface area contributed by atoms with Gasteiger partial charge in [-0.2, -0.15) is 0 Å². The van der Waals surface area contributed by atoms with Gasteiger partial charge in [0, 0.05) is 32.2 Å². The van der Waals surface area contributed by atoms with Crippen molar-refractivity contribution < 1.29 is 9.21 Å². The minimum Gasteiger partial charge on any atom is -0.469 e. The van der Waals surface area contributed by atoms with Crippen molar-refractivity contribution in [1.82, 2.24) is 9.80 Å². The van der Waals surface area contributed by atoms with Crippen LogP contribution in [-0.2, 0) is 0 Å². The third kappa shape index (κ3) is 2.52. The van der Waals surface area contributed by atoms with Crippen molar-refractivity contribution in [2.24, 2.45) is 0 Å². The molecule has 0 saturated carbocycles. The lowest BCUT2D eigenvalue weighted by Gasteiger charge is -2.36. The zero-order valence-corrected chi connectivity index (χ0v) is 10.8. The maximum absolute atomic E-state index is 12.2. The van der Waals surface area contributed by atoms with E-state index in [0.29, 0.717) is 17.4 Å². The molecule has 2 rings (SSSR count). The summed E-state index contributed by atoms with van der Waals surface area (Å²) < 4.78 is 5.18. The molecule has 0 N–H and O–H groups in total. The Morgan fingerprint density at radius 1 is 1.29 bits per heavy atom. The van der Waals surface area contributed by atoms with Crippen LogP contribution in [0.1, 0.15) is 30.0 Å². The first-order valence-corrected chi connectivity index (χ1v) is 6.17. The van der Waals surface area contributed by atoms with Crippen molar-refractivity contribution in [3.8, 4) is 0 Å². The molecule has 1 saturated heterocycles. The Balaban J connectivity index is 1.98. The van der Waals surface area contributed by atoms with Gasteiger partial charge >= 0.3 is 0 Å². The molecule has 0 unspecified atom stereocenters. The van der Waals surface area contributed by atoms with Crippen molar-refractivity contribution in [2.75, 3.05) is 26.2 Å². The van der Waals surface area contributed by atoms with E-state index in [4.69, 9.17) is 4.42 Å². The summed E-state index contributed by atoms with van der Waals surface area (Å²) in [7, 11) is 0. The van der Waals surface area contributed by atoms with Crippen LogP contribution in [-0.4, -0.2) is 47.9 Å². The number of aryl methyl sites for hydroxylation is 1. The summed E-state index contributed by atoms with van der Waals surface area (Å²) in [6.07, 6.45) is 1.58. The average molecular weight is 236 g/mol. The quantitative estimate of drug-likeness (QED) is 0.785. The van der Waals surface area contributed by atoms with Crippen LogP contribution in [0.15, 0.2) is 16.7 Å². The van der Waals surface area contributed by atoms with E-state index in [9.17, 15) is 4.79 Å². The predicted molar refractivity (Wildman–Crippen MR) is 66.1 cm³/mol. The molecule has 0 atom stereocenters. The van der Waals surface area contributed by atoms with Crippen LogP contribution >= 0.6 is 0 Å². The first kappa shape index (κ1) is 12.2. The molecule has 4 heteroatoms. The molecular weight excluding hydrogens is 216 g/mol. The fraction of sp³-hybridized carbons (Fsp3) is 0.615. The summed E-state index contributed by atoms with van der Waals surface area (Å²) in [4.78, 5) is 16.5. The largest absolute Gasteiger partial charge is 0.469 e. The second-order valence-corrected chi connectivity index (χ2v) is 4.81. The number of hydrogen-bond acceptors (Lipinski definition) is 3. The molecule has 1 aliphatic rings. The summed E-state index contributed by atoms with van der Waals surface area (Å²) in [6.45, 7) is 9.75. The number of carbonyl (C=O) groups excluding carboxylic acids is 1. The summed E-state index contributed by atoms with van der Waals surface area (Å²) in [5.41, 5.74) is 0.697. The van der Waals surface area contributed by atoms with Gasteiger partial charge in [-0.3, -0.25) is 9.69 Å². The van der Waals surface area contributed by atoms with Gasteiger partial charge < -0.3 is 9.32 Å². The van der Waals surface area contributed by atoms with Gasteiger partial charge in [0.05, 0.1) is 11.8 Å². The van der Waals surface area contributed by atoms with Crippen LogP contribution in [0.4, 0.5) is 0 Å². The maximum atomic E-state index is 12.2. The highest BCUT2D eigenvalue weighted by Gasteiger charge is 2.24. The first-order chi connectivity index (χ1) is 8.09. The van der Waals surface area contributed by atoms with Crippen LogP contribution in [0.3, 0.4) is 0 Å². The molecule has 1 fully saturated rings. The van der Waals surface area contributed by atoms with E-state index in [-0.39, 0.29) is 5.91 Å². The fourth-order valence-corrected chi connectivity index (χ4v) is 2.22. The Kier molecular flexibility index (Phi) is 3.52. The fourth-order valence-electron chi connectivity index (χ4n) is 2.22. The first-order valence-electron chi connectivity index (χ1n) is 6.17. The van der Waals surface area contributed by atoms with Gasteiger partial charge in [0.1, 0.15) is 5.76 Å². The van der Waals surface area contributed by atoms with E-state index in [0.717, 1.165) is 26.2 Å². The number of hydrogen-bond donors (Lipinski definition) is 0. The Morgan fingerprint density at radius 3 is 2.41 bits per heavy atom. The predicted octanol–water partition coefficient (Wildman–Crippen LogP) is 1.75. The highest BCUT2D eigenvalue weighted by Crippen LogP contribution is 2.14. The molecule has 4 nitrogen and oxygen atoms in total.